The summed E-state index contributed by atoms with van der Waals surface area (Å²) in [6.07, 6.45) is -1.68. The van der Waals surface area contributed by atoms with Gasteiger partial charge in [-0.15, -0.1) is 0 Å². The second kappa shape index (κ2) is 14.3. The highest BCUT2D eigenvalue weighted by molar-refractivity contribution is 7.92. The maximum Gasteiger partial charge on any atom is 0.416 e. The molecular formula is C30H23F3N6O7S. The molecule has 17 heteroatoms. The molecule has 0 atom stereocenters. The number of hydrogen-bond acceptors (Lipinski definition) is 10. The number of rotatable bonds is 8. The lowest BCUT2D eigenvalue weighted by Gasteiger charge is -2.08. The number of anilines is 2. The van der Waals surface area contributed by atoms with E-state index in [1.165, 1.54) is 73.1 Å². The van der Waals surface area contributed by atoms with Crippen molar-refractivity contribution in [2.45, 2.75) is 18.0 Å². The molecule has 0 spiro atoms. The summed E-state index contributed by atoms with van der Waals surface area (Å²) in [5.74, 6) is -1.61. The minimum absolute atomic E-state index is 0.0231. The van der Waals surface area contributed by atoms with Gasteiger partial charge in [-0.25, -0.2) is 18.2 Å². The first-order valence-electron chi connectivity index (χ1n) is 13.1. The van der Waals surface area contributed by atoms with E-state index in [2.05, 4.69) is 30.4 Å². The zero-order valence-electron chi connectivity index (χ0n) is 24.0. The third kappa shape index (κ3) is 9.21. The van der Waals surface area contributed by atoms with Gasteiger partial charge in [-0.05, 0) is 85.8 Å². The number of carboxylic acids is 1. The molecule has 3 aromatic carbocycles. The predicted octanol–water partition coefficient (Wildman–Crippen LogP) is 6.96. The zero-order valence-corrected chi connectivity index (χ0v) is 24.8. The third-order valence-corrected chi connectivity index (χ3v) is 7.38. The van der Waals surface area contributed by atoms with Crippen LogP contribution < -0.4 is 10.0 Å². The van der Waals surface area contributed by atoms with E-state index >= 15 is 0 Å². The summed E-state index contributed by atoms with van der Waals surface area (Å²) in [6, 6.07) is 18.4. The molecule has 5 aromatic rings. The summed E-state index contributed by atoms with van der Waals surface area (Å²) in [5, 5.41) is 32.2. The van der Waals surface area contributed by atoms with Crippen LogP contribution in [0.3, 0.4) is 0 Å². The van der Waals surface area contributed by atoms with Crippen molar-refractivity contribution >= 4 is 44.8 Å². The standard InChI is InChI=1S/C18H14N4O5S.C12H9F3N2O2/c23-16-9-6-13(11-15(16)18(24)25)21-20-12-4-7-14(8-5-12)28(26,27)22-17-3-1-2-10-19-17;1-7-10(6-16-19-7)11(18)17-9-4-2-8(3-5-9)12(13,14)15/h1-11,23H,(H,19,22)(H,24,25);2-6H,1H3,(H,17,18). The molecule has 0 fully saturated rings. The fraction of sp³-hybridized carbons (Fsp3) is 0.0667. The first kappa shape index (κ1) is 33.8. The number of alkyl halides is 3. The first-order valence-corrected chi connectivity index (χ1v) is 14.6. The van der Waals surface area contributed by atoms with E-state index in [1.807, 2.05) is 0 Å². The molecule has 0 aliphatic heterocycles. The van der Waals surface area contributed by atoms with Crippen LogP contribution in [0.1, 0.15) is 32.0 Å². The Labute approximate surface area is 264 Å². The van der Waals surface area contributed by atoms with Gasteiger partial charge in [0.1, 0.15) is 28.5 Å². The van der Waals surface area contributed by atoms with Crippen LogP contribution in [0.5, 0.6) is 5.75 Å². The molecule has 0 aliphatic rings. The average Bonchev–Trinajstić information content (AvgIpc) is 3.47. The van der Waals surface area contributed by atoms with Crippen LogP contribution in [0.15, 0.2) is 117 Å². The minimum Gasteiger partial charge on any atom is -0.507 e. The van der Waals surface area contributed by atoms with Crippen molar-refractivity contribution in [1.29, 1.82) is 0 Å². The maximum absolute atomic E-state index is 12.4. The molecule has 0 radical (unpaired) electrons. The highest BCUT2D eigenvalue weighted by atomic mass is 32.2. The van der Waals surface area contributed by atoms with E-state index in [0.29, 0.717) is 11.4 Å². The quantitative estimate of drug-likeness (QED) is 0.126. The number of aryl methyl sites for hydroxylation is 1. The van der Waals surface area contributed by atoms with Crippen LogP contribution in [-0.2, 0) is 16.2 Å². The Morgan fingerprint density at radius 3 is 2.13 bits per heavy atom. The molecule has 242 valence electrons. The van der Waals surface area contributed by atoms with E-state index in [1.54, 1.807) is 19.1 Å². The monoisotopic (exact) mass is 668 g/mol. The van der Waals surface area contributed by atoms with Crippen molar-refractivity contribution < 1.29 is 45.9 Å². The molecule has 5 rings (SSSR count). The molecule has 1 amide bonds. The van der Waals surface area contributed by atoms with Crippen molar-refractivity contribution in [3.8, 4) is 5.75 Å². The Morgan fingerprint density at radius 1 is 0.894 bits per heavy atom. The van der Waals surface area contributed by atoms with E-state index in [-0.39, 0.29) is 39.0 Å². The number of sulfonamides is 1. The number of aromatic carboxylic acids is 1. The number of phenols is 1. The summed E-state index contributed by atoms with van der Waals surface area (Å²) in [6.45, 7) is 1.56. The van der Waals surface area contributed by atoms with Gasteiger partial charge in [0.15, 0.2) is 0 Å². The molecule has 0 saturated heterocycles. The van der Waals surface area contributed by atoms with Crippen LogP contribution >= 0.6 is 0 Å². The number of aromatic hydroxyl groups is 1. The molecule has 0 unspecified atom stereocenters. The van der Waals surface area contributed by atoms with Crippen molar-refractivity contribution in [2.24, 2.45) is 10.2 Å². The second-order valence-electron chi connectivity index (χ2n) is 9.35. The van der Waals surface area contributed by atoms with Crippen molar-refractivity contribution in [3.05, 3.63) is 120 Å². The normalized spacial score (nSPS) is 11.4. The van der Waals surface area contributed by atoms with E-state index in [4.69, 9.17) is 9.63 Å². The number of nitrogens with one attached hydrogen (secondary N) is 2. The average molecular weight is 669 g/mol. The number of aromatic nitrogens is 2. The Kier molecular flexibility index (Phi) is 10.3. The smallest absolute Gasteiger partial charge is 0.416 e. The number of carbonyl (C=O) groups excluding carboxylic acids is 1. The van der Waals surface area contributed by atoms with Gasteiger partial charge in [-0.1, -0.05) is 11.2 Å². The third-order valence-electron chi connectivity index (χ3n) is 6.01. The van der Waals surface area contributed by atoms with Gasteiger partial charge < -0.3 is 20.1 Å². The van der Waals surface area contributed by atoms with Gasteiger partial charge in [0.25, 0.3) is 15.9 Å². The summed E-state index contributed by atoms with van der Waals surface area (Å²) in [5.41, 5.74) is 0.0223. The second-order valence-corrected chi connectivity index (χ2v) is 11.0. The molecule has 2 aromatic heterocycles. The summed E-state index contributed by atoms with van der Waals surface area (Å²) in [7, 11) is -3.79. The number of pyridine rings is 1. The molecule has 0 aliphatic carbocycles. The summed E-state index contributed by atoms with van der Waals surface area (Å²) in [4.78, 5) is 26.7. The zero-order chi connectivity index (χ0) is 34.2. The summed E-state index contributed by atoms with van der Waals surface area (Å²) >= 11 is 0. The molecule has 4 N–H and O–H groups in total. The van der Waals surface area contributed by atoms with Gasteiger partial charge >= 0.3 is 12.1 Å². The number of azo groups is 1. The minimum atomic E-state index is -4.40. The lowest BCUT2D eigenvalue weighted by Crippen LogP contribution is -2.13. The highest BCUT2D eigenvalue weighted by Crippen LogP contribution is 2.30. The lowest BCUT2D eigenvalue weighted by molar-refractivity contribution is -0.137. The number of carboxylic acid groups (broad SMARTS) is 1. The van der Waals surface area contributed by atoms with Gasteiger partial charge in [-0.2, -0.15) is 23.4 Å². The number of benzene rings is 3. The Balaban J connectivity index is 0.000000229. The molecule has 13 nitrogen and oxygen atoms in total. The topological polar surface area (TPSA) is 196 Å². The van der Waals surface area contributed by atoms with E-state index in [9.17, 15) is 36.3 Å². The maximum atomic E-state index is 12.4. The largest absolute Gasteiger partial charge is 0.507 e. The van der Waals surface area contributed by atoms with Crippen LogP contribution in [0, 0.1) is 6.92 Å². The van der Waals surface area contributed by atoms with E-state index < -0.39 is 33.6 Å². The number of nitrogens with zero attached hydrogens (tertiary/aromatic N) is 4. The van der Waals surface area contributed by atoms with Gasteiger partial charge in [-0.3, -0.25) is 9.52 Å². The number of amides is 1. The Morgan fingerprint density at radius 2 is 1.55 bits per heavy atom. The fourth-order valence-corrected chi connectivity index (χ4v) is 4.65. The molecule has 0 saturated carbocycles. The van der Waals surface area contributed by atoms with Gasteiger partial charge in [0.05, 0.1) is 28.0 Å². The number of halogens is 3. The van der Waals surface area contributed by atoms with Crippen LogP contribution in [0.25, 0.3) is 0 Å². The van der Waals surface area contributed by atoms with Gasteiger partial charge in [0, 0.05) is 11.9 Å². The van der Waals surface area contributed by atoms with Crippen molar-refractivity contribution in [2.75, 3.05) is 10.0 Å². The highest BCUT2D eigenvalue weighted by Gasteiger charge is 2.30. The number of carbonyl (C=O) groups is 2. The molecule has 2 heterocycles. The molecule has 0 bridgehead atoms. The van der Waals surface area contributed by atoms with Crippen molar-refractivity contribution in [3.63, 3.8) is 0 Å². The molecule has 47 heavy (non-hydrogen) atoms. The Hall–Kier alpha value is -6.10. The molecular weight excluding hydrogens is 645 g/mol. The predicted molar refractivity (Wildman–Crippen MR) is 161 cm³/mol. The van der Waals surface area contributed by atoms with Crippen LogP contribution in [0.2, 0.25) is 0 Å². The first-order chi connectivity index (χ1) is 22.2. The SMILES string of the molecule is Cc1oncc1C(=O)Nc1ccc(C(F)(F)F)cc1.O=C(O)c1cc(N=Nc2ccc(S(=O)(=O)Nc3ccccn3)cc2)ccc1O. The summed E-state index contributed by atoms with van der Waals surface area (Å²) < 4.78 is 68.8. The van der Waals surface area contributed by atoms with Gasteiger partial charge in [0.2, 0.25) is 0 Å². The van der Waals surface area contributed by atoms with Crippen LogP contribution in [0.4, 0.5) is 36.1 Å². The lowest BCUT2D eigenvalue weighted by atomic mass is 10.2. The van der Waals surface area contributed by atoms with E-state index in [0.717, 1.165) is 12.1 Å². The fourth-order valence-electron chi connectivity index (χ4n) is 3.64. The van der Waals surface area contributed by atoms with Crippen LogP contribution in [-0.4, -0.2) is 40.6 Å². The van der Waals surface area contributed by atoms with Crippen molar-refractivity contribution in [1.82, 2.24) is 10.1 Å². The Bertz CT molecular complexity index is 2000. The number of hydrogen-bond donors (Lipinski definition) is 4.